The van der Waals surface area contributed by atoms with Crippen LogP contribution in [-0.4, -0.2) is 46.7 Å². The first kappa shape index (κ1) is 21.7. The number of hydrogen-bond acceptors (Lipinski definition) is 6. The lowest BCUT2D eigenvalue weighted by Crippen LogP contribution is -2.54. The van der Waals surface area contributed by atoms with Crippen LogP contribution in [0.25, 0.3) is 5.69 Å². The summed E-state index contributed by atoms with van der Waals surface area (Å²) in [6.07, 6.45) is 0.800. The Balaban J connectivity index is 1.55. The lowest BCUT2D eigenvalue weighted by molar-refractivity contribution is -0.122. The average Bonchev–Trinajstić information content (AvgIpc) is 3.27. The molecule has 184 valence electrons. The molecular weight excluding hydrogens is 466 g/mol. The number of amidine groups is 1. The van der Waals surface area contributed by atoms with Crippen molar-refractivity contribution < 1.29 is 14.3 Å². The summed E-state index contributed by atoms with van der Waals surface area (Å²) in [6.45, 7) is 3.07. The van der Waals surface area contributed by atoms with Crippen LogP contribution in [0.5, 0.6) is 11.5 Å². The molecule has 8 heteroatoms. The van der Waals surface area contributed by atoms with Gasteiger partial charge >= 0.3 is 0 Å². The van der Waals surface area contributed by atoms with Gasteiger partial charge in [-0.05, 0) is 25.1 Å². The number of ether oxygens (including phenoxy) is 2. The van der Waals surface area contributed by atoms with Gasteiger partial charge in [-0.15, -0.1) is 0 Å². The van der Waals surface area contributed by atoms with Crippen molar-refractivity contribution in [2.75, 3.05) is 25.6 Å². The fourth-order valence-electron chi connectivity index (χ4n) is 5.67. The minimum Gasteiger partial charge on any atom is -0.490 e. The first-order chi connectivity index (χ1) is 18.1. The maximum atomic E-state index is 14.2. The standard InChI is InChI=1S/C29H25N5O3/c1-18-25-27(34(32-18)20-12-7-4-8-13-20)31-26(19-10-5-3-6-11-19)33(2)29(25)21-16-23-24(37-15-9-14-36-23)17-22(21)30-28(29)35/h3-8,10-13,16-17H,9,14-15H2,1-2H3,(H,30,35). The Labute approximate surface area is 214 Å². The van der Waals surface area contributed by atoms with E-state index in [0.717, 1.165) is 34.5 Å². The SMILES string of the molecule is Cc1nn(-c2ccccc2)c2c1C1(C(=O)Nc3cc4c(cc31)OCCCO4)N(C)C(c1ccccc1)=N2. The Hall–Kier alpha value is -4.59. The van der Waals surface area contributed by atoms with Gasteiger partial charge in [-0.1, -0.05) is 48.5 Å². The highest BCUT2D eigenvalue weighted by molar-refractivity contribution is 6.15. The summed E-state index contributed by atoms with van der Waals surface area (Å²) in [6, 6.07) is 23.6. The monoisotopic (exact) mass is 491 g/mol. The molecular formula is C29H25N5O3. The fourth-order valence-corrected chi connectivity index (χ4v) is 5.67. The Morgan fingerprint density at radius 1 is 0.946 bits per heavy atom. The Bertz CT molecular complexity index is 1580. The second-order valence-electron chi connectivity index (χ2n) is 9.45. The number of anilines is 1. The number of rotatable bonds is 2. The molecule has 0 aliphatic carbocycles. The van der Waals surface area contributed by atoms with E-state index in [1.54, 1.807) is 0 Å². The number of hydrogen-bond donors (Lipinski definition) is 1. The number of aryl methyl sites for hydroxylation is 1. The summed E-state index contributed by atoms with van der Waals surface area (Å²) in [5.74, 6) is 2.43. The second kappa shape index (κ2) is 7.96. The van der Waals surface area contributed by atoms with Crippen LogP contribution in [0.1, 0.15) is 28.8 Å². The third-order valence-corrected chi connectivity index (χ3v) is 7.32. The normalized spacial score (nSPS) is 19.7. The molecule has 3 aromatic carbocycles. The van der Waals surface area contributed by atoms with Crippen molar-refractivity contribution in [1.29, 1.82) is 0 Å². The number of nitrogens with zero attached hydrogens (tertiary/aromatic N) is 4. The van der Waals surface area contributed by atoms with E-state index in [2.05, 4.69) is 5.32 Å². The minimum absolute atomic E-state index is 0.162. The van der Waals surface area contributed by atoms with Crippen molar-refractivity contribution in [1.82, 2.24) is 14.7 Å². The highest BCUT2D eigenvalue weighted by Crippen LogP contribution is 2.54. The van der Waals surface area contributed by atoms with Crippen LogP contribution in [-0.2, 0) is 10.3 Å². The average molecular weight is 492 g/mol. The Kier molecular flexibility index (Phi) is 4.66. The zero-order chi connectivity index (χ0) is 25.1. The molecule has 8 nitrogen and oxygen atoms in total. The van der Waals surface area contributed by atoms with Crippen LogP contribution >= 0.6 is 0 Å². The summed E-state index contributed by atoms with van der Waals surface area (Å²) in [5.41, 5.74) is 3.57. The van der Waals surface area contributed by atoms with E-state index < -0.39 is 5.54 Å². The van der Waals surface area contributed by atoms with E-state index in [4.69, 9.17) is 19.6 Å². The van der Waals surface area contributed by atoms with E-state index in [1.165, 1.54) is 0 Å². The number of para-hydroxylation sites is 1. The number of nitrogens with one attached hydrogen (secondary N) is 1. The molecule has 4 aromatic rings. The van der Waals surface area contributed by atoms with Gasteiger partial charge in [-0.2, -0.15) is 5.10 Å². The van der Waals surface area contributed by atoms with Gasteiger partial charge in [0.05, 0.1) is 35.8 Å². The van der Waals surface area contributed by atoms with E-state index in [9.17, 15) is 4.79 Å². The highest BCUT2D eigenvalue weighted by Gasteiger charge is 2.58. The summed E-state index contributed by atoms with van der Waals surface area (Å²) in [5, 5.41) is 8.04. The molecule has 1 unspecified atom stereocenters. The predicted octanol–water partition coefficient (Wildman–Crippen LogP) is 4.56. The third-order valence-electron chi connectivity index (χ3n) is 7.32. The van der Waals surface area contributed by atoms with Crippen LogP contribution in [0.2, 0.25) is 0 Å². The van der Waals surface area contributed by atoms with Crippen LogP contribution in [0, 0.1) is 6.92 Å². The van der Waals surface area contributed by atoms with Gasteiger partial charge in [0, 0.05) is 30.7 Å². The topological polar surface area (TPSA) is 81.0 Å². The number of aliphatic imine (C=N–C) groups is 1. The smallest absolute Gasteiger partial charge is 0.260 e. The molecule has 7 rings (SSSR count). The van der Waals surface area contributed by atoms with Crippen LogP contribution in [0.4, 0.5) is 11.5 Å². The molecule has 1 atom stereocenters. The molecule has 0 saturated carbocycles. The number of fused-ring (bicyclic) bond motifs is 5. The molecule has 0 radical (unpaired) electrons. The lowest BCUT2D eigenvalue weighted by atomic mass is 9.80. The van der Waals surface area contributed by atoms with Crippen molar-refractivity contribution in [3.05, 3.63) is 95.2 Å². The molecule has 1 N–H and O–H groups in total. The van der Waals surface area contributed by atoms with Crippen LogP contribution in [0.3, 0.4) is 0 Å². The number of likely N-dealkylation sites (N-methyl/N-ethyl adjacent to an activating group) is 1. The number of carbonyl (C=O) groups excluding carboxylic acids is 1. The van der Waals surface area contributed by atoms with E-state index >= 15 is 0 Å². The fraction of sp³-hybridized carbons (Fsp3) is 0.207. The number of benzene rings is 3. The van der Waals surface area contributed by atoms with Crippen molar-refractivity contribution in [3.8, 4) is 17.2 Å². The van der Waals surface area contributed by atoms with Crippen molar-refractivity contribution in [2.45, 2.75) is 18.9 Å². The molecule has 1 aromatic heterocycles. The number of aromatic nitrogens is 2. The molecule has 1 amide bonds. The molecule has 0 bridgehead atoms. The zero-order valence-corrected chi connectivity index (χ0v) is 20.6. The van der Waals surface area contributed by atoms with E-state index in [0.29, 0.717) is 42.1 Å². The van der Waals surface area contributed by atoms with Gasteiger partial charge in [0.15, 0.2) is 22.9 Å². The van der Waals surface area contributed by atoms with E-state index in [-0.39, 0.29) is 5.91 Å². The van der Waals surface area contributed by atoms with Gasteiger partial charge in [0.25, 0.3) is 5.91 Å². The Morgan fingerprint density at radius 2 is 1.62 bits per heavy atom. The lowest BCUT2D eigenvalue weighted by Gasteiger charge is -2.42. The van der Waals surface area contributed by atoms with Gasteiger partial charge in [0.1, 0.15) is 5.84 Å². The number of carbonyl (C=O) groups is 1. The van der Waals surface area contributed by atoms with Crippen molar-refractivity contribution in [3.63, 3.8) is 0 Å². The Morgan fingerprint density at radius 3 is 2.35 bits per heavy atom. The largest absolute Gasteiger partial charge is 0.490 e. The maximum absolute atomic E-state index is 14.2. The molecule has 4 heterocycles. The van der Waals surface area contributed by atoms with Gasteiger partial charge < -0.3 is 19.7 Å². The van der Waals surface area contributed by atoms with Gasteiger partial charge in [0.2, 0.25) is 0 Å². The highest BCUT2D eigenvalue weighted by atomic mass is 16.5. The molecule has 3 aliphatic rings. The first-order valence-corrected chi connectivity index (χ1v) is 12.4. The van der Waals surface area contributed by atoms with Crippen molar-refractivity contribution in [2.24, 2.45) is 4.99 Å². The summed E-state index contributed by atoms with van der Waals surface area (Å²) < 4.78 is 13.8. The van der Waals surface area contributed by atoms with Gasteiger partial charge in [-0.3, -0.25) is 4.79 Å². The summed E-state index contributed by atoms with van der Waals surface area (Å²) in [4.78, 5) is 21.3. The number of amides is 1. The van der Waals surface area contributed by atoms with Gasteiger partial charge in [-0.25, -0.2) is 9.67 Å². The van der Waals surface area contributed by atoms with Crippen molar-refractivity contribution >= 4 is 23.2 Å². The summed E-state index contributed by atoms with van der Waals surface area (Å²) >= 11 is 0. The van der Waals surface area contributed by atoms with E-state index in [1.807, 2.05) is 96.3 Å². The summed E-state index contributed by atoms with van der Waals surface area (Å²) in [7, 11) is 1.92. The predicted molar refractivity (Wildman–Crippen MR) is 140 cm³/mol. The third kappa shape index (κ3) is 2.98. The minimum atomic E-state index is -1.20. The molecule has 0 saturated heterocycles. The van der Waals surface area contributed by atoms with Crippen LogP contribution < -0.4 is 14.8 Å². The van der Waals surface area contributed by atoms with Crippen LogP contribution in [0.15, 0.2) is 77.8 Å². The molecule has 0 fully saturated rings. The molecule has 37 heavy (non-hydrogen) atoms. The molecule has 1 spiro atoms. The maximum Gasteiger partial charge on any atom is 0.260 e. The second-order valence-corrected chi connectivity index (χ2v) is 9.45. The zero-order valence-electron chi connectivity index (χ0n) is 20.6. The molecule has 3 aliphatic heterocycles. The first-order valence-electron chi connectivity index (χ1n) is 12.4. The quantitative estimate of drug-likeness (QED) is 0.445.